The van der Waals surface area contributed by atoms with E-state index in [1.807, 2.05) is 0 Å². The van der Waals surface area contributed by atoms with Crippen molar-refractivity contribution in [3.05, 3.63) is 0 Å². The topological polar surface area (TPSA) is 29.3 Å². The number of hydrogen-bond acceptors (Lipinski definition) is 2. The third-order valence-electron chi connectivity index (χ3n) is 4.39. The van der Waals surface area contributed by atoms with Crippen LogP contribution < -0.4 is 5.73 Å². The Bertz CT molecular complexity index is 254. The number of hydrogen-bond donors (Lipinski definition) is 1. The molecule has 2 N–H and O–H groups in total. The summed E-state index contributed by atoms with van der Waals surface area (Å²) in [6.07, 6.45) is 8.03. The van der Waals surface area contributed by atoms with Gasteiger partial charge in [-0.05, 0) is 63.5 Å². The quantitative estimate of drug-likeness (QED) is 0.723. The van der Waals surface area contributed by atoms with Crippen molar-refractivity contribution in [2.45, 2.75) is 38.5 Å². The molecule has 0 spiro atoms. The number of thiocarbonyl (C=S) groups is 1. The molecule has 0 aromatic carbocycles. The summed E-state index contributed by atoms with van der Waals surface area (Å²) in [5.41, 5.74) is 5.50. The van der Waals surface area contributed by atoms with Crippen LogP contribution in [-0.4, -0.2) is 30.0 Å². The lowest BCUT2D eigenvalue weighted by Crippen LogP contribution is -2.30. The predicted octanol–water partition coefficient (Wildman–Crippen LogP) is 2.42. The molecule has 0 aliphatic heterocycles. The van der Waals surface area contributed by atoms with E-state index in [0.29, 0.717) is 4.99 Å². The molecule has 0 aromatic rings. The second-order valence-corrected chi connectivity index (χ2v) is 6.29. The van der Waals surface area contributed by atoms with Gasteiger partial charge in [0.05, 0.1) is 4.99 Å². The minimum Gasteiger partial charge on any atom is -0.393 e. The van der Waals surface area contributed by atoms with Crippen molar-refractivity contribution >= 4 is 17.2 Å². The molecule has 0 amide bonds. The lowest BCUT2D eigenvalue weighted by atomic mass is 9.88. The molecule has 0 saturated heterocycles. The second kappa shape index (κ2) is 5.46. The van der Waals surface area contributed by atoms with Crippen LogP contribution in [0.5, 0.6) is 0 Å². The molecule has 3 unspecified atom stereocenters. The van der Waals surface area contributed by atoms with Gasteiger partial charge in [0.2, 0.25) is 0 Å². The predicted molar refractivity (Wildman–Crippen MR) is 72.5 cm³/mol. The molecule has 3 atom stereocenters. The van der Waals surface area contributed by atoms with E-state index in [1.54, 1.807) is 0 Å². The Balaban J connectivity index is 1.63. The van der Waals surface area contributed by atoms with Crippen LogP contribution in [0.3, 0.4) is 0 Å². The summed E-state index contributed by atoms with van der Waals surface area (Å²) < 4.78 is 0. The van der Waals surface area contributed by atoms with Gasteiger partial charge in [-0.25, -0.2) is 0 Å². The average molecular weight is 240 g/mol. The lowest BCUT2D eigenvalue weighted by Gasteiger charge is -2.27. The normalized spacial score (nSPS) is 32.5. The Kier molecular flexibility index (Phi) is 4.20. The van der Waals surface area contributed by atoms with Gasteiger partial charge in [0.1, 0.15) is 0 Å². The van der Waals surface area contributed by atoms with Gasteiger partial charge >= 0.3 is 0 Å². The van der Waals surface area contributed by atoms with Gasteiger partial charge in [-0.15, -0.1) is 0 Å². The van der Waals surface area contributed by atoms with Gasteiger partial charge in [-0.3, -0.25) is 0 Å². The van der Waals surface area contributed by atoms with Crippen LogP contribution in [0, 0.1) is 17.8 Å². The van der Waals surface area contributed by atoms with Gasteiger partial charge in [-0.1, -0.05) is 18.6 Å². The minimum absolute atomic E-state index is 0.660. The highest BCUT2D eigenvalue weighted by Gasteiger charge is 2.39. The first-order valence-electron chi connectivity index (χ1n) is 6.62. The van der Waals surface area contributed by atoms with E-state index in [4.69, 9.17) is 18.0 Å². The summed E-state index contributed by atoms with van der Waals surface area (Å²) in [5.74, 6) is 3.09. The maximum atomic E-state index is 5.50. The van der Waals surface area contributed by atoms with Crippen LogP contribution in [0.1, 0.15) is 38.5 Å². The van der Waals surface area contributed by atoms with Crippen LogP contribution in [0.4, 0.5) is 0 Å². The molecular formula is C13H24N2S. The number of nitrogens with zero attached hydrogens (tertiary/aromatic N) is 1. The number of rotatable bonds is 6. The third-order valence-corrected chi connectivity index (χ3v) is 4.60. The SMILES string of the molecule is CN(CCCC(N)=S)CC1CC2CCC1C2. The number of fused-ring (bicyclic) bond motifs is 2. The highest BCUT2D eigenvalue weighted by Crippen LogP contribution is 2.48. The Morgan fingerprint density at radius 2 is 2.19 bits per heavy atom. The molecule has 2 aliphatic carbocycles. The third kappa shape index (κ3) is 3.17. The smallest absolute Gasteiger partial charge is 0.0727 e. The van der Waals surface area contributed by atoms with Crippen molar-refractivity contribution in [2.75, 3.05) is 20.1 Å². The molecule has 16 heavy (non-hydrogen) atoms. The van der Waals surface area contributed by atoms with Gasteiger partial charge in [0.15, 0.2) is 0 Å². The fraction of sp³-hybridized carbons (Fsp3) is 0.923. The Hall–Kier alpha value is -0.150. The first-order valence-corrected chi connectivity index (χ1v) is 7.03. The molecule has 0 aromatic heterocycles. The average Bonchev–Trinajstić information content (AvgIpc) is 2.78. The van der Waals surface area contributed by atoms with Crippen molar-refractivity contribution in [3.8, 4) is 0 Å². The summed E-state index contributed by atoms with van der Waals surface area (Å²) in [6.45, 7) is 2.43. The molecular weight excluding hydrogens is 216 g/mol. The van der Waals surface area contributed by atoms with Crippen molar-refractivity contribution in [3.63, 3.8) is 0 Å². The summed E-state index contributed by atoms with van der Waals surface area (Å²) in [5, 5.41) is 0. The molecule has 2 rings (SSSR count). The zero-order valence-corrected chi connectivity index (χ0v) is 11.1. The summed E-state index contributed by atoms with van der Waals surface area (Å²) in [6, 6.07) is 0. The van der Waals surface area contributed by atoms with Gasteiger partial charge in [0, 0.05) is 6.54 Å². The van der Waals surface area contributed by atoms with Gasteiger partial charge in [0.25, 0.3) is 0 Å². The Morgan fingerprint density at radius 1 is 1.38 bits per heavy atom. The minimum atomic E-state index is 0.660. The summed E-state index contributed by atoms with van der Waals surface area (Å²) >= 11 is 4.89. The molecule has 2 aliphatic rings. The van der Waals surface area contributed by atoms with E-state index in [2.05, 4.69) is 11.9 Å². The Labute approximate surface area is 105 Å². The first kappa shape index (κ1) is 12.3. The molecule has 2 nitrogen and oxygen atoms in total. The van der Waals surface area contributed by atoms with Crippen molar-refractivity contribution in [1.29, 1.82) is 0 Å². The maximum Gasteiger partial charge on any atom is 0.0727 e. The first-order chi connectivity index (χ1) is 7.65. The van der Waals surface area contributed by atoms with Crippen molar-refractivity contribution in [1.82, 2.24) is 4.90 Å². The number of nitrogens with two attached hydrogens (primary N) is 1. The monoisotopic (exact) mass is 240 g/mol. The molecule has 2 fully saturated rings. The van der Waals surface area contributed by atoms with Crippen molar-refractivity contribution in [2.24, 2.45) is 23.5 Å². The largest absolute Gasteiger partial charge is 0.393 e. The highest BCUT2D eigenvalue weighted by atomic mass is 32.1. The zero-order valence-electron chi connectivity index (χ0n) is 10.3. The van der Waals surface area contributed by atoms with Crippen LogP contribution in [0.25, 0.3) is 0 Å². The second-order valence-electron chi connectivity index (χ2n) is 5.77. The van der Waals surface area contributed by atoms with E-state index < -0.39 is 0 Å². The highest BCUT2D eigenvalue weighted by molar-refractivity contribution is 7.80. The van der Waals surface area contributed by atoms with Crippen LogP contribution in [0.2, 0.25) is 0 Å². The van der Waals surface area contributed by atoms with E-state index in [9.17, 15) is 0 Å². The Morgan fingerprint density at radius 3 is 2.75 bits per heavy atom. The zero-order chi connectivity index (χ0) is 11.5. The molecule has 0 heterocycles. The van der Waals surface area contributed by atoms with Crippen LogP contribution in [0.15, 0.2) is 0 Å². The fourth-order valence-corrected chi connectivity index (χ4v) is 3.76. The maximum absolute atomic E-state index is 5.50. The summed E-state index contributed by atoms with van der Waals surface area (Å²) in [7, 11) is 2.24. The van der Waals surface area contributed by atoms with Crippen LogP contribution in [-0.2, 0) is 0 Å². The van der Waals surface area contributed by atoms with Crippen LogP contribution >= 0.6 is 12.2 Å². The van der Waals surface area contributed by atoms with Gasteiger partial charge in [-0.2, -0.15) is 0 Å². The molecule has 0 radical (unpaired) electrons. The van der Waals surface area contributed by atoms with E-state index in [1.165, 1.54) is 32.2 Å². The van der Waals surface area contributed by atoms with E-state index >= 15 is 0 Å². The van der Waals surface area contributed by atoms with Gasteiger partial charge < -0.3 is 10.6 Å². The van der Waals surface area contributed by atoms with E-state index in [-0.39, 0.29) is 0 Å². The molecule has 2 saturated carbocycles. The molecule has 3 heteroatoms. The van der Waals surface area contributed by atoms with Crippen molar-refractivity contribution < 1.29 is 0 Å². The lowest BCUT2D eigenvalue weighted by molar-refractivity contribution is 0.219. The molecule has 92 valence electrons. The summed E-state index contributed by atoms with van der Waals surface area (Å²) in [4.78, 5) is 3.14. The standard InChI is InChI=1S/C13H24N2S/c1-15(6-2-3-13(14)16)9-12-8-10-4-5-11(12)7-10/h10-12H,2-9H2,1H3,(H2,14,16). The fourth-order valence-electron chi connectivity index (χ4n) is 3.61. The van der Waals surface area contributed by atoms with E-state index in [0.717, 1.165) is 37.1 Å². The molecule has 2 bridgehead atoms.